The van der Waals surface area contributed by atoms with E-state index in [4.69, 9.17) is 9.15 Å². The van der Waals surface area contributed by atoms with Crippen molar-refractivity contribution < 1.29 is 21.6 Å². The molecule has 0 radical (unpaired) electrons. The molecule has 1 aromatic rings. The Morgan fingerprint density at radius 3 is 2.55 bits per heavy atom. The largest absolute Gasteiger partial charge is 0.451 e. The first kappa shape index (κ1) is 21.7. The topological polar surface area (TPSA) is 83.8 Å². The Labute approximate surface area is 186 Å². The highest BCUT2D eigenvalue weighted by Crippen LogP contribution is 2.53. The highest BCUT2D eigenvalue weighted by atomic mass is 16.5. The highest BCUT2D eigenvalue weighted by Gasteiger charge is 2.55. The number of nitrogens with one attached hydrogen (secondary N) is 2. The summed E-state index contributed by atoms with van der Waals surface area (Å²) in [6.07, 6.45) is 10.4. The summed E-state index contributed by atoms with van der Waals surface area (Å²) in [6, 6.07) is 2.09. The molecule has 0 spiro atoms. The fourth-order valence-electron chi connectivity index (χ4n) is 4.91. The van der Waals surface area contributed by atoms with Crippen LogP contribution in [0.5, 0.6) is 0 Å². The number of nitrogens with zero attached hydrogens (tertiary/aromatic N) is 1. The third-order valence-electron chi connectivity index (χ3n) is 6.65. The number of furan rings is 1. The van der Waals surface area contributed by atoms with E-state index >= 15 is 0 Å². The standard InChI is InChI=1S/C24H33N3O4.2H2/c1-3-5-16-13-22(31-21(16)6-4-2)23(28)25-10-7-18-19-14-27(15-20(18)19)24(29)26-17-8-11-30-12-9-17;;/h3-6,13,17-20H,7-12,14-15H2,1-2H3,(H,25,28)(H,26,29);2*1H/b5-3-,6-4?;;/t18?,19-,20+;;. The molecule has 1 aliphatic carbocycles. The minimum atomic E-state index is -0.176. The van der Waals surface area contributed by atoms with Gasteiger partial charge in [-0.3, -0.25) is 4.79 Å². The number of amides is 3. The molecule has 31 heavy (non-hydrogen) atoms. The number of piperidine rings is 1. The number of hydrogen-bond donors (Lipinski definition) is 2. The van der Waals surface area contributed by atoms with Gasteiger partial charge in [0.2, 0.25) is 0 Å². The van der Waals surface area contributed by atoms with Crippen LogP contribution in [0.4, 0.5) is 4.79 Å². The second-order valence-corrected chi connectivity index (χ2v) is 8.71. The molecule has 2 N–H and O–H groups in total. The number of urea groups is 1. The number of carbonyl (C=O) groups excluding carboxylic acids is 2. The molecule has 172 valence electrons. The minimum Gasteiger partial charge on any atom is -0.451 e. The molecule has 0 bridgehead atoms. The molecular weight excluding hydrogens is 394 g/mol. The monoisotopic (exact) mass is 431 g/mol. The zero-order valence-corrected chi connectivity index (χ0v) is 18.4. The minimum absolute atomic E-state index is 0. The number of ether oxygens (including phenoxy) is 1. The van der Waals surface area contributed by atoms with Gasteiger partial charge in [0.25, 0.3) is 5.91 Å². The van der Waals surface area contributed by atoms with E-state index in [0.29, 0.717) is 35.8 Å². The van der Waals surface area contributed by atoms with Gasteiger partial charge in [-0.2, -0.15) is 0 Å². The number of carbonyl (C=O) groups is 2. The first-order valence-electron chi connectivity index (χ1n) is 11.4. The number of allylic oxidation sites excluding steroid dienone is 2. The molecule has 1 saturated carbocycles. The van der Waals surface area contributed by atoms with Gasteiger partial charge in [-0.1, -0.05) is 18.2 Å². The molecule has 3 heterocycles. The van der Waals surface area contributed by atoms with E-state index in [2.05, 4.69) is 10.6 Å². The molecule has 3 amide bonds. The van der Waals surface area contributed by atoms with Crippen molar-refractivity contribution in [3.8, 4) is 0 Å². The Balaban J connectivity index is 0.00000193. The number of rotatable bonds is 7. The molecule has 7 heteroatoms. The predicted octanol–water partition coefficient (Wildman–Crippen LogP) is 4.02. The Hall–Kier alpha value is -2.54. The van der Waals surface area contributed by atoms with E-state index in [1.165, 1.54) is 0 Å². The summed E-state index contributed by atoms with van der Waals surface area (Å²) in [7, 11) is 0. The third-order valence-corrected chi connectivity index (χ3v) is 6.65. The maximum atomic E-state index is 12.5. The summed E-state index contributed by atoms with van der Waals surface area (Å²) in [6.45, 7) is 7.61. The quantitative estimate of drug-likeness (QED) is 0.683. The lowest BCUT2D eigenvalue weighted by atomic mass is 10.1. The molecule has 7 nitrogen and oxygen atoms in total. The summed E-state index contributed by atoms with van der Waals surface area (Å²) in [5, 5.41) is 6.13. The predicted molar refractivity (Wildman–Crippen MR) is 124 cm³/mol. The van der Waals surface area contributed by atoms with Crippen LogP contribution < -0.4 is 10.6 Å². The molecule has 3 fully saturated rings. The summed E-state index contributed by atoms with van der Waals surface area (Å²) in [5.41, 5.74) is 0.904. The van der Waals surface area contributed by atoms with E-state index in [1.54, 1.807) is 6.07 Å². The van der Waals surface area contributed by atoms with E-state index in [-0.39, 0.29) is 20.8 Å². The van der Waals surface area contributed by atoms with Crippen molar-refractivity contribution in [1.29, 1.82) is 0 Å². The smallest absolute Gasteiger partial charge is 0.317 e. The van der Waals surface area contributed by atoms with Gasteiger partial charge in [-0.25, -0.2) is 4.79 Å². The van der Waals surface area contributed by atoms with Crippen LogP contribution in [0.1, 0.15) is 57.8 Å². The molecule has 0 aromatic carbocycles. The third kappa shape index (κ3) is 5.03. The van der Waals surface area contributed by atoms with Crippen LogP contribution in [0.15, 0.2) is 22.6 Å². The van der Waals surface area contributed by atoms with Crippen LogP contribution in [0.25, 0.3) is 12.2 Å². The van der Waals surface area contributed by atoms with Crippen LogP contribution in [0.2, 0.25) is 0 Å². The van der Waals surface area contributed by atoms with Crippen LogP contribution in [0, 0.1) is 17.8 Å². The molecule has 4 rings (SSSR count). The average Bonchev–Trinajstić information content (AvgIpc) is 3.09. The molecular formula is C24H37N3O4. The summed E-state index contributed by atoms with van der Waals surface area (Å²) < 4.78 is 11.1. The first-order chi connectivity index (χ1) is 15.1. The zero-order valence-electron chi connectivity index (χ0n) is 18.4. The van der Waals surface area contributed by atoms with Gasteiger partial charge in [0, 0.05) is 47.3 Å². The molecule has 3 atom stereocenters. The maximum Gasteiger partial charge on any atom is 0.317 e. The second-order valence-electron chi connectivity index (χ2n) is 8.71. The van der Waals surface area contributed by atoms with Crippen molar-refractivity contribution in [2.24, 2.45) is 17.8 Å². The number of hydrogen-bond acceptors (Lipinski definition) is 4. The first-order valence-corrected chi connectivity index (χ1v) is 11.4. The highest BCUT2D eigenvalue weighted by molar-refractivity contribution is 5.92. The SMILES string of the molecule is CC=Cc1oc(C(=O)NCCC2[C@H]3CN(C(=O)NC4CCOCC4)C[C@@H]23)cc1/C=C\C.[HH].[HH]. The van der Waals surface area contributed by atoms with Gasteiger partial charge < -0.3 is 24.7 Å². The van der Waals surface area contributed by atoms with Crippen LogP contribution in [-0.2, 0) is 4.74 Å². The average molecular weight is 432 g/mol. The van der Waals surface area contributed by atoms with Crippen molar-refractivity contribution in [2.75, 3.05) is 32.8 Å². The second kappa shape index (κ2) is 9.73. The lowest BCUT2D eigenvalue weighted by molar-refractivity contribution is 0.0782. The Morgan fingerprint density at radius 1 is 1.16 bits per heavy atom. The van der Waals surface area contributed by atoms with Crippen molar-refractivity contribution in [2.45, 2.75) is 39.2 Å². The molecule has 1 unspecified atom stereocenters. The normalized spacial score (nSPS) is 25.9. The van der Waals surface area contributed by atoms with E-state index in [9.17, 15) is 9.59 Å². The summed E-state index contributed by atoms with van der Waals surface area (Å²) in [4.78, 5) is 26.9. The number of likely N-dealkylation sites (tertiary alicyclic amines) is 1. The van der Waals surface area contributed by atoms with Gasteiger partial charge in [0.05, 0.1) is 0 Å². The molecule has 1 aromatic heterocycles. The fourth-order valence-corrected chi connectivity index (χ4v) is 4.91. The Kier molecular flexibility index (Phi) is 6.80. The lowest BCUT2D eigenvalue weighted by Gasteiger charge is -2.27. The zero-order chi connectivity index (χ0) is 21.8. The van der Waals surface area contributed by atoms with Crippen LogP contribution >= 0.6 is 0 Å². The van der Waals surface area contributed by atoms with Crippen molar-refractivity contribution in [1.82, 2.24) is 15.5 Å². The lowest BCUT2D eigenvalue weighted by Crippen LogP contribution is -2.46. The van der Waals surface area contributed by atoms with Gasteiger partial charge in [0.1, 0.15) is 5.76 Å². The maximum absolute atomic E-state index is 12.5. The van der Waals surface area contributed by atoms with E-state index in [0.717, 1.165) is 51.1 Å². The van der Waals surface area contributed by atoms with Crippen LogP contribution in [0.3, 0.4) is 0 Å². The molecule has 2 saturated heterocycles. The van der Waals surface area contributed by atoms with Crippen molar-refractivity contribution >= 4 is 24.1 Å². The molecule has 3 aliphatic rings. The van der Waals surface area contributed by atoms with Gasteiger partial charge in [0.15, 0.2) is 5.76 Å². The van der Waals surface area contributed by atoms with E-state index in [1.807, 2.05) is 43.1 Å². The van der Waals surface area contributed by atoms with Gasteiger partial charge in [-0.05, 0) is 63.0 Å². The Bertz CT molecular complexity index is 822. The van der Waals surface area contributed by atoms with E-state index < -0.39 is 0 Å². The number of fused-ring (bicyclic) bond motifs is 1. The van der Waals surface area contributed by atoms with Gasteiger partial charge in [-0.15, -0.1) is 0 Å². The molecule has 2 aliphatic heterocycles. The van der Waals surface area contributed by atoms with Crippen molar-refractivity contribution in [3.63, 3.8) is 0 Å². The summed E-state index contributed by atoms with van der Waals surface area (Å²) in [5.74, 6) is 2.60. The summed E-state index contributed by atoms with van der Waals surface area (Å²) >= 11 is 0. The van der Waals surface area contributed by atoms with Gasteiger partial charge >= 0.3 is 6.03 Å². The Morgan fingerprint density at radius 2 is 1.87 bits per heavy atom. The fraction of sp³-hybridized carbons (Fsp3) is 0.583. The van der Waals surface area contributed by atoms with Crippen molar-refractivity contribution in [3.05, 3.63) is 35.3 Å². The van der Waals surface area contributed by atoms with Crippen LogP contribution in [-0.4, -0.2) is 55.7 Å².